The molecule has 1 unspecified atom stereocenters. The number of carbonyl (C=O) groups is 2. The van der Waals surface area contributed by atoms with Gasteiger partial charge in [0.15, 0.2) is 0 Å². The van der Waals surface area contributed by atoms with E-state index in [2.05, 4.69) is 5.32 Å². The Morgan fingerprint density at radius 1 is 0.872 bits per heavy atom. The smallest absolute Gasteiger partial charge is 0.269 e. The molecule has 246 valence electrons. The predicted molar refractivity (Wildman–Crippen MR) is 179 cm³/mol. The Morgan fingerprint density at radius 3 is 2.04 bits per heavy atom. The van der Waals surface area contributed by atoms with Gasteiger partial charge in [-0.2, -0.15) is 0 Å². The molecule has 0 saturated heterocycles. The fourth-order valence-electron chi connectivity index (χ4n) is 4.96. The number of nitro benzene ring substituents is 1. The van der Waals surface area contributed by atoms with Crippen molar-refractivity contribution in [1.82, 2.24) is 10.2 Å². The van der Waals surface area contributed by atoms with Gasteiger partial charge in [-0.1, -0.05) is 60.7 Å². The highest BCUT2D eigenvalue weighted by atomic mass is 32.2. The molecule has 0 spiro atoms. The number of nitro groups is 1. The molecule has 0 fully saturated rings. The van der Waals surface area contributed by atoms with Crippen LogP contribution >= 0.6 is 0 Å². The first kappa shape index (κ1) is 34.6. The van der Waals surface area contributed by atoms with E-state index in [-0.39, 0.29) is 29.2 Å². The van der Waals surface area contributed by atoms with Gasteiger partial charge < -0.3 is 15.0 Å². The molecule has 0 aliphatic carbocycles. The zero-order valence-electron chi connectivity index (χ0n) is 26.7. The zero-order valence-corrected chi connectivity index (χ0v) is 27.5. The number of nitrogens with zero attached hydrogens (tertiary/aromatic N) is 3. The van der Waals surface area contributed by atoms with Crippen LogP contribution in [0.2, 0.25) is 0 Å². The van der Waals surface area contributed by atoms with Crippen molar-refractivity contribution in [3.63, 3.8) is 0 Å². The maximum Gasteiger partial charge on any atom is 0.269 e. The monoisotopic (exact) mass is 658 g/mol. The lowest BCUT2D eigenvalue weighted by Crippen LogP contribution is -2.56. The lowest BCUT2D eigenvalue weighted by molar-refractivity contribution is -0.384. The number of methoxy groups -OCH3 is 1. The first-order chi connectivity index (χ1) is 22.3. The second kappa shape index (κ2) is 14.9. The lowest BCUT2D eigenvalue weighted by Gasteiger charge is -2.35. The zero-order chi connectivity index (χ0) is 34.2. The molecule has 4 rings (SSSR count). The number of anilines is 1. The summed E-state index contributed by atoms with van der Waals surface area (Å²) in [7, 11) is -2.82. The van der Waals surface area contributed by atoms with Gasteiger partial charge in [0.25, 0.3) is 15.7 Å². The number of nitrogens with one attached hydrogen (secondary N) is 1. The number of non-ortho nitro benzene ring substituents is 1. The quantitative estimate of drug-likeness (QED) is 0.151. The Morgan fingerprint density at radius 2 is 1.47 bits per heavy atom. The number of ether oxygens (including phenoxy) is 1. The normalized spacial score (nSPS) is 12.1. The minimum Gasteiger partial charge on any atom is -0.497 e. The van der Waals surface area contributed by atoms with E-state index < -0.39 is 44.9 Å². The molecule has 4 aromatic carbocycles. The van der Waals surface area contributed by atoms with Gasteiger partial charge in [0.1, 0.15) is 18.3 Å². The Balaban J connectivity index is 1.83. The Kier molecular flexibility index (Phi) is 11.0. The number of rotatable bonds is 13. The first-order valence-corrected chi connectivity index (χ1v) is 16.3. The van der Waals surface area contributed by atoms with E-state index in [9.17, 15) is 28.1 Å². The van der Waals surface area contributed by atoms with Crippen LogP contribution < -0.4 is 14.4 Å². The molecule has 1 N–H and O–H groups in total. The fourth-order valence-corrected chi connectivity index (χ4v) is 6.40. The molecule has 47 heavy (non-hydrogen) atoms. The van der Waals surface area contributed by atoms with Crippen LogP contribution in [-0.4, -0.2) is 55.3 Å². The molecule has 0 aromatic heterocycles. The number of hydrogen-bond acceptors (Lipinski definition) is 7. The molecule has 0 radical (unpaired) electrons. The van der Waals surface area contributed by atoms with E-state index in [1.165, 1.54) is 48.4 Å². The minimum atomic E-state index is -4.34. The van der Waals surface area contributed by atoms with Gasteiger partial charge in [-0.3, -0.25) is 24.0 Å². The summed E-state index contributed by atoms with van der Waals surface area (Å²) in [6, 6.07) is 27.8. The van der Waals surface area contributed by atoms with Crippen LogP contribution in [-0.2, 0) is 32.6 Å². The molecule has 0 aliphatic rings. The third kappa shape index (κ3) is 9.17. The molecule has 12 heteroatoms. The third-order valence-corrected chi connectivity index (χ3v) is 9.00. The number of hydrogen-bond donors (Lipinski definition) is 1. The molecule has 1 atom stereocenters. The third-order valence-electron chi connectivity index (χ3n) is 7.21. The maximum absolute atomic E-state index is 14.5. The summed E-state index contributed by atoms with van der Waals surface area (Å²) in [5.74, 6) is -0.520. The van der Waals surface area contributed by atoms with Crippen molar-refractivity contribution >= 4 is 33.2 Å². The van der Waals surface area contributed by atoms with E-state index in [1.54, 1.807) is 42.5 Å². The van der Waals surface area contributed by atoms with E-state index in [0.29, 0.717) is 11.3 Å². The predicted octanol–water partition coefficient (Wildman–Crippen LogP) is 5.35. The van der Waals surface area contributed by atoms with Crippen molar-refractivity contribution in [2.75, 3.05) is 18.0 Å². The van der Waals surface area contributed by atoms with Crippen LogP contribution in [0.3, 0.4) is 0 Å². The summed E-state index contributed by atoms with van der Waals surface area (Å²) < 4.78 is 34.4. The van der Waals surface area contributed by atoms with Gasteiger partial charge >= 0.3 is 0 Å². The molecule has 4 aromatic rings. The van der Waals surface area contributed by atoms with Crippen molar-refractivity contribution < 1.29 is 27.7 Å². The topological polar surface area (TPSA) is 139 Å². The SMILES string of the molecule is COc1cccc(CN(C(=O)CN(c2ccc([N+](=O)[O-])cc2)S(=O)(=O)c2ccccc2)C(Cc2ccccc2)C(=O)NC(C)(C)C)c1. The second-order valence-corrected chi connectivity index (χ2v) is 13.8. The van der Waals surface area contributed by atoms with Gasteiger partial charge in [0.05, 0.1) is 22.6 Å². The molecule has 0 aliphatic heterocycles. The fraction of sp³-hybridized carbons (Fsp3) is 0.257. The van der Waals surface area contributed by atoms with E-state index in [0.717, 1.165) is 9.87 Å². The maximum atomic E-state index is 14.5. The summed E-state index contributed by atoms with van der Waals surface area (Å²) in [6.07, 6.45) is 0.154. The average molecular weight is 659 g/mol. The van der Waals surface area contributed by atoms with E-state index >= 15 is 0 Å². The highest BCUT2D eigenvalue weighted by Crippen LogP contribution is 2.27. The number of carbonyl (C=O) groups excluding carboxylic acids is 2. The van der Waals surface area contributed by atoms with Crippen molar-refractivity contribution in [2.45, 2.75) is 50.2 Å². The molecule has 0 saturated carbocycles. The minimum absolute atomic E-state index is 0.0371. The van der Waals surface area contributed by atoms with Crippen LogP contribution in [0, 0.1) is 10.1 Å². The second-order valence-electron chi connectivity index (χ2n) is 11.9. The summed E-state index contributed by atoms with van der Waals surface area (Å²) in [6.45, 7) is 4.78. The van der Waals surface area contributed by atoms with Gasteiger partial charge in [0.2, 0.25) is 11.8 Å². The van der Waals surface area contributed by atoms with Gasteiger partial charge in [-0.05, 0) is 68.3 Å². The van der Waals surface area contributed by atoms with Crippen LogP contribution in [0.25, 0.3) is 0 Å². The van der Waals surface area contributed by atoms with Crippen molar-refractivity contribution in [2.24, 2.45) is 0 Å². The molecule has 2 amide bonds. The van der Waals surface area contributed by atoms with Gasteiger partial charge in [-0.15, -0.1) is 0 Å². The summed E-state index contributed by atoms with van der Waals surface area (Å²) >= 11 is 0. The molecule has 11 nitrogen and oxygen atoms in total. The van der Waals surface area contributed by atoms with Gasteiger partial charge in [0, 0.05) is 30.6 Å². The van der Waals surface area contributed by atoms with Crippen molar-refractivity contribution in [3.8, 4) is 5.75 Å². The summed E-state index contributed by atoms with van der Waals surface area (Å²) in [5, 5.41) is 14.3. The van der Waals surface area contributed by atoms with Crippen molar-refractivity contribution in [3.05, 3.63) is 130 Å². The highest BCUT2D eigenvalue weighted by molar-refractivity contribution is 7.92. The van der Waals surface area contributed by atoms with E-state index in [1.807, 2.05) is 51.1 Å². The van der Waals surface area contributed by atoms with Crippen LogP contribution in [0.1, 0.15) is 31.9 Å². The van der Waals surface area contributed by atoms with Crippen LogP contribution in [0.15, 0.2) is 114 Å². The van der Waals surface area contributed by atoms with Gasteiger partial charge in [-0.25, -0.2) is 8.42 Å². The van der Waals surface area contributed by atoms with E-state index in [4.69, 9.17) is 4.74 Å². The standard InChI is InChI=1S/C35H38N4O7S/c1-35(2,3)36-34(41)32(23-26-12-7-5-8-13-26)37(24-27-14-11-15-30(22-27)46-4)33(40)25-38(28-18-20-29(21-19-28)39(42)43)47(44,45)31-16-9-6-10-17-31/h5-22,32H,23-25H2,1-4H3,(H,36,41). The largest absolute Gasteiger partial charge is 0.497 e. The van der Waals surface area contributed by atoms with Crippen molar-refractivity contribution in [1.29, 1.82) is 0 Å². The summed E-state index contributed by atoms with van der Waals surface area (Å²) in [4.78, 5) is 40.6. The lowest BCUT2D eigenvalue weighted by atomic mass is 10.0. The Hall–Kier alpha value is -5.23. The van der Waals surface area contributed by atoms with Crippen LogP contribution in [0.4, 0.5) is 11.4 Å². The molecular formula is C35H38N4O7S. The van der Waals surface area contributed by atoms with Crippen LogP contribution in [0.5, 0.6) is 5.75 Å². The Labute approximate surface area is 275 Å². The molecule has 0 heterocycles. The number of sulfonamides is 1. The average Bonchev–Trinajstić information content (AvgIpc) is 3.05. The number of amides is 2. The Bertz CT molecular complexity index is 1790. The molecule has 0 bridgehead atoms. The first-order valence-electron chi connectivity index (χ1n) is 14.9. The number of benzene rings is 4. The molecular weight excluding hydrogens is 620 g/mol. The summed E-state index contributed by atoms with van der Waals surface area (Å²) in [5.41, 5.74) is 0.644. The highest BCUT2D eigenvalue weighted by Gasteiger charge is 2.35.